The van der Waals surface area contributed by atoms with Gasteiger partial charge in [0.15, 0.2) is 0 Å². The second kappa shape index (κ2) is 5.23. The van der Waals surface area contributed by atoms with Gasteiger partial charge in [-0.1, -0.05) is 33.6 Å². The van der Waals surface area contributed by atoms with E-state index in [-0.39, 0.29) is 5.92 Å². The fraction of sp³-hybridized carbons (Fsp3) is 0.267. The molecule has 2 nitrogen and oxygen atoms in total. The van der Waals surface area contributed by atoms with E-state index in [0.717, 1.165) is 28.6 Å². The molecule has 1 heterocycles. The number of aliphatic hydroxyl groups is 1. The number of rotatable bonds is 2. The Morgan fingerprint density at radius 2 is 2.21 bits per heavy atom. The molecule has 0 saturated heterocycles. The maximum atomic E-state index is 10.6. The predicted molar refractivity (Wildman–Crippen MR) is 79.4 cm³/mol. The molecular weight excluding hydrogens is 326 g/mol. The Bertz CT molecular complexity index is 597. The Morgan fingerprint density at radius 1 is 1.37 bits per heavy atom. The van der Waals surface area contributed by atoms with Gasteiger partial charge in [-0.2, -0.15) is 0 Å². The van der Waals surface area contributed by atoms with Gasteiger partial charge < -0.3 is 5.11 Å². The van der Waals surface area contributed by atoms with Crippen LogP contribution in [-0.2, 0) is 6.42 Å². The minimum Gasteiger partial charge on any atom is -0.388 e. The molecule has 19 heavy (non-hydrogen) atoms. The summed E-state index contributed by atoms with van der Waals surface area (Å²) in [6.07, 6.45) is 3.13. The third kappa shape index (κ3) is 2.55. The summed E-state index contributed by atoms with van der Waals surface area (Å²) in [5.41, 5.74) is 3.10. The lowest BCUT2D eigenvalue weighted by Crippen LogP contribution is -2.09. The Kier molecular flexibility index (Phi) is 3.61. The lowest BCUT2D eigenvalue weighted by molar-refractivity contribution is 0.143. The van der Waals surface area contributed by atoms with E-state index in [1.165, 1.54) is 5.56 Å². The van der Waals surface area contributed by atoms with Crippen molar-refractivity contribution >= 4 is 27.5 Å². The maximum absolute atomic E-state index is 10.6. The van der Waals surface area contributed by atoms with Crippen LogP contribution in [0, 0.1) is 0 Å². The van der Waals surface area contributed by atoms with Crippen LogP contribution in [0.1, 0.15) is 35.3 Å². The van der Waals surface area contributed by atoms with Crippen LogP contribution >= 0.6 is 27.5 Å². The van der Waals surface area contributed by atoms with Gasteiger partial charge in [0, 0.05) is 27.3 Å². The van der Waals surface area contributed by atoms with Gasteiger partial charge in [0.1, 0.15) is 0 Å². The average Bonchev–Trinajstić information content (AvgIpc) is 2.80. The third-order valence-electron chi connectivity index (χ3n) is 3.61. The highest BCUT2D eigenvalue weighted by atomic mass is 79.9. The summed E-state index contributed by atoms with van der Waals surface area (Å²) in [6.45, 7) is 0. The largest absolute Gasteiger partial charge is 0.388 e. The molecule has 2 atom stereocenters. The van der Waals surface area contributed by atoms with E-state index in [4.69, 9.17) is 11.6 Å². The van der Waals surface area contributed by atoms with E-state index in [9.17, 15) is 5.11 Å². The molecule has 4 heteroatoms. The van der Waals surface area contributed by atoms with Gasteiger partial charge in [0.25, 0.3) is 0 Å². The van der Waals surface area contributed by atoms with Crippen molar-refractivity contribution in [2.45, 2.75) is 24.9 Å². The normalized spacial score (nSPS) is 19.2. The first kappa shape index (κ1) is 13.1. The lowest BCUT2D eigenvalue weighted by Gasteiger charge is -2.19. The van der Waals surface area contributed by atoms with E-state index in [1.54, 1.807) is 6.20 Å². The standard InChI is InChI=1S/C15H13BrClNO/c16-11-6-10(7-12(17)8-11)15(19)13-4-3-9-2-1-5-18-14(9)13/h1-2,5-8,13,15,19H,3-4H2. The molecule has 1 N–H and O–H groups in total. The molecule has 0 aliphatic heterocycles. The van der Waals surface area contributed by atoms with Gasteiger partial charge in [-0.25, -0.2) is 0 Å². The smallest absolute Gasteiger partial charge is 0.0874 e. The minimum atomic E-state index is -0.564. The van der Waals surface area contributed by atoms with Crippen LogP contribution < -0.4 is 0 Å². The zero-order chi connectivity index (χ0) is 13.4. The van der Waals surface area contributed by atoms with Crippen molar-refractivity contribution in [3.63, 3.8) is 0 Å². The molecule has 0 radical (unpaired) electrons. The summed E-state index contributed by atoms with van der Waals surface area (Å²) in [5.74, 6) is 0.0570. The molecule has 1 aromatic carbocycles. The highest BCUT2D eigenvalue weighted by Gasteiger charge is 2.30. The van der Waals surface area contributed by atoms with Crippen LogP contribution in [0.2, 0.25) is 5.02 Å². The molecule has 3 rings (SSSR count). The van der Waals surface area contributed by atoms with Gasteiger partial charge in [-0.05, 0) is 48.2 Å². The van der Waals surface area contributed by atoms with Crippen LogP contribution in [0.25, 0.3) is 0 Å². The topological polar surface area (TPSA) is 33.1 Å². The van der Waals surface area contributed by atoms with E-state index in [0.29, 0.717) is 5.02 Å². The molecule has 1 aliphatic carbocycles. The average molecular weight is 339 g/mol. The zero-order valence-electron chi connectivity index (χ0n) is 10.2. The summed E-state index contributed by atoms with van der Waals surface area (Å²) in [5, 5.41) is 11.2. The monoisotopic (exact) mass is 337 g/mol. The van der Waals surface area contributed by atoms with E-state index in [1.807, 2.05) is 24.3 Å². The molecule has 0 saturated carbocycles. The number of hydrogen-bond donors (Lipinski definition) is 1. The van der Waals surface area contributed by atoms with Gasteiger partial charge in [0.05, 0.1) is 6.10 Å². The summed E-state index contributed by atoms with van der Waals surface area (Å²) >= 11 is 9.45. The van der Waals surface area contributed by atoms with Crippen LogP contribution in [0.5, 0.6) is 0 Å². The first-order chi connectivity index (χ1) is 9.15. The number of aryl methyl sites for hydroxylation is 1. The van der Waals surface area contributed by atoms with Crippen molar-refractivity contribution in [3.05, 3.63) is 62.8 Å². The first-order valence-corrected chi connectivity index (χ1v) is 7.40. The third-order valence-corrected chi connectivity index (χ3v) is 4.29. The quantitative estimate of drug-likeness (QED) is 0.887. The zero-order valence-corrected chi connectivity index (χ0v) is 12.5. The molecular formula is C15H13BrClNO. The number of aromatic nitrogens is 1. The summed E-state index contributed by atoms with van der Waals surface area (Å²) in [7, 11) is 0. The predicted octanol–water partition coefficient (Wildman–Crippen LogP) is 4.26. The Morgan fingerprint density at radius 3 is 3.00 bits per heavy atom. The number of halogens is 2. The summed E-state index contributed by atoms with van der Waals surface area (Å²) in [4.78, 5) is 4.43. The molecule has 0 amide bonds. The van der Waals surface area contributed by atoms with E-state index in [2.05, 4.69) is 27.0 Å². The highest BCUT2D eigenvalue weighted by molar-refractivity contribution is 9.10. The molecule has 1 aliphatic rings. The number of fused-ring (bicyclic) bond motifs is 1. The number of benzene rings is 1. The maximum Gasteiger partial charge on any atom is 0.0874 e. The minimum absolute atomic E-state index is 0.0570. The Labute approximate surface area is 125 Å². The lowest BCUT2D eigenvalue weighted by atomic mass is 9.93. The Hall–Kier alpha value is -0.900. The fourth-order valence-corrected chi connectivity index (χ4v) is 3.62. The molecule has 2 aromatic rings. The van der Waals surface area contributed by atoms with Crippen molar-refractivity contribution in [1.82, 2.24) is 4.98 Å². The number of hydrogen-bond acceptors (Lipinski definition) is 2. The second-order valence-corrected chi connectivity index (χ2v) is 6.19. The Balaban J connectivity index is 1.95. The van der Waals surface area contributed by atoms with Crippen molar-refractivity contribution in [2.75, 3.05) is 0 Å². The van der Waals surface area contributed by atoms with E-state index < -0.39 is 6.10 Å². The molecule has 0 bridgehead atoms. The molecule has 1 aromatic heterocycles. The van der Waals surface area contributed by atoms with Gasteiger partial charge in [0.2, 0.25) is 0 Å². The van der Waals surface area contributed by atoms with Crippen LogP contribution in [0.15, 0.2) is 41.0 Å². The van der Waals surface area contributed by atoms with Gasteiger partial charge >= 0.3 is 0 Å². The number of aliphatic hydroxyl groups excluding tert-OH is 1. The summed E-state index contributed by atoms with van der Waals surface area (Å²) in [6, 6.07) is 9.58. The van der Waals surface area contributed by atoms with Crippen molar-refractivity contribution in [3.8, 4) is 0 Å². The number of pyridine rings is 1. The number of nitrogens with zero attached hydrogens (tertiary/aromatic N) is 1. The second-order valence-electron chi connectivity index (χ2n) is 4.84. The van der Waals surface area contributed by atoms with Crippen molar-refractivity contribution in [1.29, 1.82) is 0 Å². The first-order valence-electron chi connectivity index (χ1n) is 6.23. The van der Waals surface area contributed by atoms with Crippen molar-refractivity contribution in [2.24, 2.45) is 0 Å². The molecule has 98 valence electrons. The van der Waals surface area contributed by atoms with Crippen LogP contribution in [0.3, 0.4) is 0 Å². The van der Waals surface area contributed by atoms with Gasteiger partial charge in [-0.3, -0.25) is 4.98 Å². The molecule has 2 unspecified atom stereocenters. The highest BCUT2D eigenvalue weighted by Crippen LogP contribution is 2.41. The fourth-order valence-electron chi connectivity index (χ4n) is 2.73. The molecule has 0 spiro atoms. The van der Waals surface area contributed by atoms with Crippen molar-refractivity contribution < 1.29 is 5.11 Å². The SMILES string of the molecule is OC(c1cc(Cl)cc(Br)c1)C1CCc2cccnc21. The molecule has 0 fully saturated rings. The summed E-state index contributed by atoms with van der Waals surface area (Å²) < 4.78 is 0.883. The van der Waals surface area contributed by atoms with Crippen LogP contribution in [0.4, 0.5) is 0 Å². The van der Waals surface area contributed by atoms with E-state index >= 15 is 0 Å². The van der Waals surface area contributed by atoms with Crippen LogP contribution in [-0.4, -0.2) is 10.1 Å². The van der Waals surface area contributed by atoms with Gasteiger partial charge in [-0.15, -0.1) is 0 Å².